The minimum absolute atomic E-state index is 0.102. The summed E-state index contributed by atoms with van der Waals surface area (Å²) < 4.78 is 40.6. The average molecular weight is 445 g/mol. The summed E-state index contributed by atoms with van der Waals surface area (Å²) in [7, 11) is 0. The van der Waals surface area contributed by atoms with E-state index in [1.165, 1.54) is 4.57 Å². The molecule has 0 bridgehead atoms. The quantitative estimate of drug-likeness (QED) is 0.620. The van der Waals surface area contributed by atoms with Crippen molar-refractivity contribution in [3.05, 3.63) is 64.3 Å². The topological polar surface area (TPSA) is 88.9 Å². The molecule has 32 heavy (non-hydrogen) atoms. The third kappa shape index (κ3) is 4.30. The van der Waals surface area contributed by atoms with Gasteiger partial charge in [0.2, 0.25) is 0 Å². The highest BCUT2D eigenvalue weighted by Crippen LogP contribution is 2.32. The van der Waals surface area contributed by atoms with E-state index in [1.54, 1.807) is 25.1 Å². The molecule has 0 spiro atoms. The first-order chi connectivity index (χ1) is 15.1. The molecule has 2 amide bonds. The Morgan fingerprint density at radius 2 is 1.94 bits per heavy atom. The third-order valence-electron chi connectivity index (χ3n) is 5.84. The number of rotatable bonds is 4. The van der Waals surface area contributed by atoms with Crippen molar-refractivity contribution >= 4 is 22.8 Å². The maximum absolute atomic E-state index is 13.1. The van der Waals surface area contributed by atoms with Crippen molar-refractivity contribution in [3.8, 4) is 0 Å². The van der Waals surface area contributed by atoms with Crippen molar-refractivity contribution in [3.63, 3.8) is 0 Å². The number of benzene rings is 1. The number of carbonyl (C=O) groups is 1. The second-order valence-corrected chi connectivity index (χ2v) is 8.31. The number of urea groups is 1. The van der Waals surface area contributed by atoms with E-state index in [0.717, 1.165) is 43.8 Å². The Bertz CT molecular complexity index is 1230. The van der Waals surface area contributed by atoms with Gasteiger partial charge in [0.15, 0.2) is 0 Å². The largest absolute Gasteiger partial charge is 0.416 e. The molecule has 3 aromatic rings. The molecule has 1 aliphatic rings. The fraction of sp³-hybridized carbons (Fsp3) is 0.364. The summed E-state index contributed by atoms with van der Waals surface area (Å²) in [5, 5.41) is 5.70. The molecular formula is C22H22F3N5O2. The minimum atomic E-state index is -4.51. The fourth-order valence-electron chi connectivity index (χ4n) is 3.87. The molecule has 2 heterocycles. The maximum Gasteiger partial charge on any atom is 0.416 e. The number of nitrogens with one attached hydrogen (secondary N) is 2. The monoisotopic (exact) mass is 445 g/mol. The molecule has 1 aromatic carbocycles. The number of pyridine rings is 1. The Morgan fingerprint density at radius 3 is 2.59 bits per heavy atom. The predicted molar refractivity (Wildman–Crippen MR) is 113 cm³/mol. The number of anilines is 1. The Hall–Kier alpha value is -3.43. The SMILES string of the molecule is CC(c1cc(C(F)(F)F)ccn1)n1c(=O)cnc2cc(NC(=O)NC3(C)CCC3)ccc21. The number of halogens is 3. The molecule has 4 rings (SSSR count). The predicted octanol–water partition coefficient (Wildman–Crippen LogP) is 4.48. The number of alkyl halides is 3. The van der Waals surface area contributed by atoms with Crippen molar-refractivity contribution in [1.82, 2.24) is 19.9 Å². The lowest BCUT2D eigenvalue weighted by atomic mass is 9.79. The molecular weight excluding hydrogens is 423 g/mol. The molecule has 0 aliphatic heterocycles. The minimum Gasteiger partial charge on any atom is -0.333 e. The van der Waals surface area contributed by atoms with Gasteiger partial charge in [-0.1, -0.05) is 0 Å². The Morgan fingerprint density at radius 1 is 1.19 bits per heavy atom. The fourth-order valence-corrected chi connectivity index (χ4v) is 3.87. The van der Waals surface area contributed by atoms with Gasteiger partial charge in [0.05, 0.1) is 34.5 Å². The summed E-state index contributed by atoms with van der Waals surface area (Å²) in [5.74, 6) is 0. The molecule has 2 aromatic heterocycles. The molecule has 168 valence electrons. The molecule has 0 saturated heterocycles. The lowest BCUT2D eigenvalue weighted by Gasteiger charge is -2.38. The summed E-state index contributed by atoms with van der Waals surface area (Å²) in [6.07, 6.45) is 0.590. The number of hydrogen-bond donors (Lipinski definition) is 2. The zero-order valence-electron chi connectivity index (χ0n) is 17.5. The molecule has 1 aliphatic carbocycles. The Labute approximate surface area is 181 Å². The van der Waals surface area contributed by atoms with Gasteiger partial charge in [-0.2, -0.15) is 13.2 Å². The second kappa shape index (κ2) is 7.92. The van der Waals surface area contributed by atoms with Crippen molar-refractivity contribution < 1.29 is 18.0 Å². The first kappa shape index (κ1) is 21.8. The van der Waals surface area contributed by atoms with Crippen LogP contribution < -0.4 is 16.2 Å². The summed E-state index contributed by atoms with van der Waals surface area (Å²) in [4.78, 5) is 33.0. The van der Waals surface area contributed by atoms with E-state index < -0.39 is 23.3 Å². The smallest absolute Gasteiger partial charge is 0.333 e. The molecule has 1 saturated carbocycles. The van der Waals surface area contributed by atoms with Gasteiger partial charge in [0.1, 0.15) is 0 Å². The molecule has 2 N–H and O–H groups in total. The maximum atomic E-state index is 13.1. The van der Waals surface area contributed by atoms with Crippen LogP contribution in [0.15, 0.2) is 47.5 Å². The highest BCUT2D eigenvalue weighted by molar-refractivity contribution is 5.92. The van der Waals surface area contributed by atoms with Gasteiger partial charge in [-0.15, -0.1) is 0 Å². The molecule has 1 fully saturated rings. The molecule has 0 radical (unpaired) electrons. The zero-order valence-corrected chi connectivity index (χ0v) is 17.5. The van der Waals surface area contributed by atoms with Crippen LogP contribution in [-0.4, -0.2) is 26.1 Å². The van der Waals surface area contributed by atoms with Crippen molar-refractivity contribution in [1.29, 1.82) is 0 Å². The number of hydrogen-bond acceptors (Lipinski definition) is 4. The number of amides is 2. The van der Waals surface area contributed by atoms with Gasteiger partial charge in [-0.25, -0.2) is 9.78 Å². The summed E-state index contributed by atoms with van der Waals surface area (Å²) in [6.45, 7) is 3.59. The van der Waals surface area contributed by atoms with Crippen LogP contribution >= 0.6 is 0 Å². The summed E-state index contributed by atoms with van der Waals surface area (Å²) in [5.41, 5.74) is -0.0889. The van der Waals surface area contributed by atoms with Crippen LogP contribution in [0.1, 0.15) is 50.4 Å². The van der Waals surface area contributed by atoms with E-state index in [9.17, 15) is 22.8 Å². The highest BCUT2D eigenvalue weighted by Gasteiger charge is 2.33. The van der Waals surface area contributed by atoms with Gasteiger partial charge in [-0.3, -0.25) is 14.3 Å². The third-order valence-corrected chi connectivity index (χ3v) is 5.84. The first-order valence-electron chi connectivity index (χ1n) is 10.2. The van der Waals surface area contributed by atoms with Gasteiger partial charge in [0, 0.05) is 17.4 Å². The van der Waals surface area contributed by atoms with Gasteiger partial charge < -0.3 is 10.6 Å². The van der Waals surface area contributed by atoms with Crippen molar-refractivity contribution in [2.75, 3.05) is 5.32 Å². The van der Waals surface area contributed by atoms with E-state index in [2.05, 4.69) is 20.6 Å². The average Bonchev–Trinajstić information content (AvgIpc) is 2.71. The lowest BCUT2D eigenvalue weighted by molar-refractivity contribution is -0.137. The van der Waals surface area contributed by atoms with Crippen molar-refractivity contribution in [2.24, 2.45) is 0 Å². The normalized spacial score (nSPS) is 16.3. The number of aromatic nitrogens is 3. The summed E-state index contributed by atoms with van der Waals surface area (Å²) >= 11 is 0. The summed E-state index contributed by atoms with van der Waals surface area (Å²) in [6, 6.07) is 5.56. The van der Waals surface area contributed by atoms with Crippen LogP contribution in [-0.2, 0) is 6.18 Å². The van der Waals surface area contributed by atoms with Gasteiger partial charge in [0.25, 0.3) is 5.56 Å². The van der Waals surface area contributed by atoms with Crippen LogP contribution in [0.3, 0.4) is 0 Å². The molecule has 7 nitrogen and oxygen atoms in total. The van der Waals surface area contributed by atoms with E-state index in [0.29, 0.717) is 16.7 Å². The Kier molecular flexibility index (Phi) is 5.39. The van der Waals surface area contributed by atoms with Gasteiger partial charge in [-0.05, 0) is 63.4 Å². The van der Waals surface area contributed by atoms with Crippen LogP contribution in [0.4, 0.5) is 23.7 Å². The molecule has 1 unspecified atom stereocenters. The second-order valence-electron chi connectivity index (χ2n) is 8.31. The highest BCUT2D eigenvalue weighted by atomic mass is 19.4. The first-order valence-corrected chi connectivity index (χ1v) is 10.2. The van der Waals surface area contributed by atoms with E-state index in [4.69, 9.17) is 0 Å². The standard InChI is InChI=1S/C22H22F3N5O2/c1-13(16-10-14(6-9-26-16)22(23,24)25)30-18-5-4-15(11-17(18)27-12-19(30)31)28-20(32)29-21(2)7-3-8-21/h4-6,9-13H,3,7-8H2,1-2H3,(H2,28,29,32). The van der Waals surface area contributed by atoms with Crippen LogP contribution in [0.5, 0.6) is 0 Å². The van der Waals surface area contributed by atoms with Gasteiger partial charge >= 0.3 is 12.2 Å². The number of carbonyl (C=O) groups excluding carboxylic acids is 1. The van der Waals surface area contributed by atoms with E-state index in [-0.39, 0.29) is 17.3 Å². The molecule has 10 heteroatoms. The number of nitrogens with zero attached hydrogens (tertiary/aromatic N) is 3. The van der Waals surface area contributed by atoms with Crippen molar-refractivity contribution in [2.45, 2.75) is 50.9 Å². The Balaban J connectivity index is 1.65. The zero-order chi connectivity index (χ0) is 23.1. The molecule has 1 atom stereocenters. The van der Waals surface area contributed by atoms with Crippen LogP contribution in [0.2, 0.25) is 0 Å². The van der Waals surface area contributed by atoms with E-state index >= 15 is 0 Å². The number of fused-ring (bicyclic) bond motifs is 1. The van der Waals surface area contributed by atoms with E-state index in [1.807, 2.05) is 6.92 Å². The lowest BCUT2D eigenvalue weighted by Crippen LogP contribution is -2.52. The van der Waals surface area contributed by atoms with Crippen LogP contribution in [0, 0.1) is 0 Å². The van der Waals surface area contributed by atoms with Crippen LogP contribution in [0.25, 0.3) is 11.0 Å².